The molecular formula is C17H14F2N4O3. The standard InChI is InChI=1S/C17H14F2N4O3/c1-10-21-22-17(26-10)12-3-5-16(25)23(8-12)9-15(24)20-7-11-2-4-13(18)6-14(11)19/h2-6,8H,7,9H2,1H3,(H,20,24). The number of carbonyl (C=O) groups excluding carboxylic acids is 1. The Balaban J connectivity index is 1.70. The molecule has 0 saturated carbocycles. The van der Waals surface area contributed by atoms with Crippen LogP contribution < -0.4 is 10.9 Å². The monoisotopic (exact) mass is 360 g/mol. The third kappa shape index (κ3) is 4.00. The topological polar surface area (TPSA) is 90.0 Å². The van der Waals surface area contributed by atoms with Gasteiger partial charge in [-0.25, -0.2) is 8.78 Å². The third-order valence-electron chi connectivity index (χ3n) is 3.56. The summed E-state index contributed by atoms with van der Waals surface area (Å²) >= 11 is 0. The zero-order valence-corrected chi connectivity index (χ0v) is 13.7. The number of nitrogens with zero attached hydrogens (tertiary/aromatic N) is 3. The number of amides is 1. The average Bonchev–Trinajstić information content (AvgIpc) is 3.02. The van der Waals surface area contributed by atoms with E-state index in [1.165, 1.54) is 29.0 Å². The Morgan fingerprint density at radius 2 is 2.04 bits per heavy atom. The van der Waals surface area contributed by atoms with Gasteiger partial charge in [0.1, 0.15) is 18.2 Å². The minimum absolute atomic E-state index is 0.123. The molecule has 9 heteroatoms. The summed E-state index contributed by atoms with van der Waals surface area (Å²) in [5, 5.41) is 10.0. The lowest BCUT2D eigenvalue weighted by Crippen LogP contribution is -2.31. The lowest BCUT2D eigenvalue weighted by molar-refractivity contribution is -0.121. The quantitative estimate of drug-likeness (QED) is 0.749. The molecular weight excluding hydrogens is 346 g/mol. The van der Waals surface area contributed by atoms with Crippen molar-refractivity contribution in [3.8, 4) is 11.5 Å². The Kier molecular flexibility index (Phi) is 4.87. The van der Waals surface area contributed by atoms with Gasteiger partial charge in [-0.3, -0.25) is 9.59 Å². The van der Waals surface area contributed by atoms with E-state index in [0.29, 0.717) is 11.5 Å². The van der Waals surface area contributed by atoms with Crippen molar-refractivity contribution >= 4 is 5.91 Å². The molecule has 134 valence electrons. The normalized spacial score (nSPS) is 10.7. The molecule has 0 aliphatic heterocycles. The second-order valence-corrected chi connectivity index (χ2v) is 5.52. The van der Waals surface area contributed by atoms with Gasteiger partial charge in [0.2, 0.25) is 17.7 Å². The van der Waals surface area contributed by atoms with Gasteiger partial charge in [-0.15, -0.1) is 10.2 Å². The number of hydrogen-bond donors (Lipinski definition) is 1. The van der Waals surface area contributed by atoms with Crippen molar-refractivity contribution in [1.29, 1.82) is 0 Å². The highest BCUT2D eigenvalue weighted by atomic mass is 19.1. The largest absolute Gasteiger partial charge is 0.421 e. The second-order valence-electron chi connectivity index (χ2n) is 5.52. The first kappa shape index (κ1) is 17.5. The molecule has 0 unspecified atom stereocenters. The molecule has 3 aromatic rings. The highest BCUT2D eigenvalue weighted by molar-refractivity contribution is 5.75. The Bertz CT molecular complexity index is 1010. The molecule has 0 saturated heterocycles. The van der Waals surface area contributed by atoms with Gasteiger partial charge >= 0.3 is 0 Å². The first-order chi connectivity index (χ1) is 12.4. The lowest BCUT2D eigenvalue weighted by Gasteiger charge is -2.09. The van der Waals surface area contributed by atoms with E-state index >= 15 is 0 Å². The molecule has 0 atom stereocenters. The van der Waals surface area contributed by atoms with E-state index in [1.807, 2.05) is 0 Å². The maximum absolute atomic E-state index is 13.6. The van der Waals surface area contributed by atoms with E-state index in [1.54, 1.807) is 6.92 Å². The molecule has 1 N–H and O–H groups in total. The highest BCUT2D eigenvalue weighted by Gasteiger charge is 2.11. The van der Waals surface area contributed by atoms with Gasteiger partial charge in [0.15, 0.2) is 0 Å². The smallest absolute Gasteiger partial charge is 0.251 e. The van der Waals surface area contributed by atoms with Crippen LogP contribution in [-0.4, -0.2) is 20.7 Å². The van der Waals surface area contributed by atoms with Crippen molar-refractivity contribution < 1.29 is 18.0 Å². The van der Waals surface area contributed by atoms with E-state index in [9.17, 15) is 18.4 Å². The predicted octanol–water partition coefficient (Wildman–Crippen LogP) is 1.80. The summed E-state index contributed by atoms with van der Waals surface area (Å²) in [6.07, 6.45) is 1.42. The molecule has 1 amide bonds. The first-order valence-corrected chi connectivity index (χ1v) is 7.64. The third-order valence-corrected chi connectivity index (χ3v) is 3.56. The number of nitrogens with one attached hydrogen (secondary N) is 1. The summed E-state index contributed by atoms with van der Waals surface area (Å²) < 4.78 is 32.9. The second kappa shape index (κ2) is 7.26. The number of benzene rings is 1. The Hall–Kier alpha value is -3.36. The number of carbonyl (C=O) groups is 1. The molecule has 1 aromatic carbocycles. The number of aromatic nitrogens is 3. The molecule has 3 rings (SSSR count). The molecule has 2 aromatic heterocycles. The van der Waals surface area contributed by atoms with Crippen LogP contribution in [0.1, 0.15) is 11.5 Å². The lowest BCUT2D eigenvalue weighted by atomic mass is 10.2. The zero-order chi connectivity index (χ0) is 18.7. The van der Waals surface area contributed by atoms with Crippen LogP contribution in [0.3, 0.4) is 0 Å². The van der Waals surface area contributed by atoms with E-state index < -0.39 is 23.1 Å². The number of hydrogen-bond acceptors (Lipinski definition) is 5. The molecule has 0 bridgehead atoms. The van der Waals surface area contributed by atoms with E-state index in [0.717, 1.165) is 12.1 Å². The average molecular weight is 360 g/mol. The molecule has 0 fully saturated rings. The van der Waals surface area contributed by atoms with Crippen LogP contribution >= 0.6 is 0 Å². The maximum Gasteiger partial charge on any atom is 0.251 e. The van der Waals surface area contributed by atoms with Crippen molar-refractivity contribution in [3.63, 3.8) is 0 Å². The summed E-state index contributed by atoms with van der Waals surface area (Å²) in [6, 6.07) is 5.88. The number of pyridine rings is 1. The van der Waals surface area contributed by atoms with Crippen LogP contribution in [0, 0.1) is 18.6 Å². The highest BCUT2D eigenvalue weighted by Crippen LogP contribution is 2.15. The Labute approximate surface area is 146 Å². The summed E-state index contributed by atoms with van der Waals surface area (Å²) in [5.41, 5.74) is 0.234. The molecule has 0 radical (unpaired) electrons. The molecule has 0 spiro atoms. The zero-order valence-electron chi connectivity index (χ0n) is 13.7. The van der Waals surface area contributed by atoms with E-state index in [-0.39, 0.29) is 24.5 Å². The van der Waals surface area contributed by atoms with Gasteiger partial charge in [-0.2, -0.15) is 0 Å². The van der Waals surface area contributed by atoms with Crippen molar-refractivity contribution in [2.75, 3.05) is 0 Å². The fourth-order valence-corrected chi connectivity index (χ4v) is 2.26. The fourth-order valence-electron chi connectivity index (χ4n) is 2.26. The molecule has 7 nitrogen and oxygen atoms in total. The minimum Gasteiger partial charge on any atom is -0.421 e. The Morgan fingerprint density at radius 1 is 1.23 bits per heavy atom. The van der Waals surface area contributed by atoms with Gasteiger partial charge < -0.3 is 14.3 Å². The van der Waals surface area contributed by atoms with Gasteiger partial charge in [0.05, 0.1) is 5.56 Å². The summed E-state index contributed by atoms with van der Waals surface area (Å²) in [7, 11) is 0. The number of aryl methyl sites for hydroxylation is 1. The van der Waals surface area contributed by atoms with Crippen molar-refractivity contribution in [3.05, 3.63) is 70.0 Å². The molecule has 0 aliphatic rings. The summed E-state index contributed by atoms with van der Waals surface area (Å²) in [4.78, 5) is 24.0. The summed E-state index contributed by atoms with van der Waals surface area (Å²) in [5.74, 6) is -1.36. The van der Waals surface area contributed by atoms with Gasteiger partial charge in [0, 0.05) is 37.4 Å². The van der Waals surface area contributed by atoms with Crippen LogP contribution in [0.15, 0.2) is 45.7 Å². The van der Waals surface area contributed by atoms with Gasteiger partial charge in [-0.05, 0) is 12.1 Å². The first-order valence-electron chi connectivity index (χ1n) is 7.64. The van der Waals surface area contributed by atoms with Crippen molar-refractivity contribution in [2.24, 2.45) is 0 Å². The SMILES string of the molecule is Cc1nnc(-c2ccc(=O)n(CC(=O)NCc3ccc(F)cc3F)c2)o1. The van der Waals surface area contributed by atoms with Crippen LogP contribution in [0.2, 0.25) is 0 Å². The predicted molar refractivity (Wildman–Crippen MR) is 86.9 cm³/mol. The van der Waals surface area contributed by atoms with E-state index in [4.69, 9.17) is 4.42 Å². The summed E-state index contributed by atoms with van der Waals surface area (Å²) in [6.45, 7) is 1.24. The fraction of sp³-hybridized carbons (Fsp3) is 0.176. The Morgan fingerprint density at radius 3 is 2.73 bits per heavy atom. The van der Waals surface area contributed by atoms with Crippen LogP contribution in [0.4, 0.5) is 8.78 Å². The molecule has 0 aliphatic carbocycles. The number of halogens is 2. The van der Waals surface area contributed by atoms with Crippen molar-refractivity contribution in [2.45, 2.75) is 20.0 Å². The van der Waals surface area contributed by atoms with Gasteiger partial charge in [-0.1, -0.05) is 6.07 Å². The molecule has 2 heterocycles. The maximum atomic E-state index is 13.6. The number of rotatable bonds is 5. The van der Waals surface area contributed by atoms with E-state index in [2.05, 4.69) is 15.5 Å². The van der Waals surface area contributed by atoms with Crippen LogP contribution in [-0.2, 0) is 17.9 Å². The van der Waals surface area contributed by atoms with Crippen LogP contribution in [0.5, 0.6) is 0 Å². The molecule has 26 heavy (non-hydrogen) atoms. The minimum atomic E-state index is -0.753. The van der Waals surface area contributed by atoms with Crippen molar-refractivity contribution in [1.82, 2.24) is 20.1 Å². The van der Waals surface area contributed by atoms with Crippen LogP contribution in [0.25, 0.3) is 11.5 Å². The van der Waals surface area contributed by atoms with Gasteiger partial charge in [0.25, 0.3) is 5.56 Å².